The highest BCUT2D eigenvalue weighted by Gasteiger charge is 2.35. The van der Waals surface area contributed by atoms with Gasteiger partial charge in [0, 0.05) is 0 Å². The fraction of sp³-hybridized carbons (Fsp3) is 0.533. The van der Waals surface area contributed by atoms with Crippen molar-refractivity contribution in [1.82, 2.24) is 5.32 Å². The van der Waals surface area contributed by atoms with Gasteiger partial charge in [-0.2, -0.15) is 0 Å². The largest absolute Gasteiger partial charge is 0.443 e. The number of anilines is 1. The molecule has 20 heavy (non-hydrogen) atoms. The van der Waals surface area contributed by atoms with Crippen molar-refractivity contribution in [1.29, 1.82) is 0 Å². The van der Waals surface area contributed by atoms with Gasteiger partial charge in [-0.3, -0.25) is 4.90 Å². The van der Waals surface area contributed by atoms with Gasteiger partial charge >= 0.3 is 6.09 Å². The number of benzene rings is 1. The summed E-state index contributed by atoms with van der Waals surface area (Å²) in [6.07, 6.45) is -1.10. The number of β-amino-alcohol motifs (C(OH)–C–C–N with tert-alkyl or cyclic N) is 1. The molecule has 0 aliphatic carbocycles. The third-order valence-electron chi connectivity index (χ3n) is 3.24. The molecule has 1 aromatic carbocycles. The number of nitrogens with zero attached hydrogens (tertiary/aromatic N) is 1. The van der Waals surface area contributed by atoms with E-state index in [1.165, 1.54) is 4.90 Å². The monoisotopic (exact) mass is 278 g/mol. The van der Waals surface area contributed by atoms with Crippen LogP contribution in [0, 0.1) is 0 Å². The number of likely N-dealkylation sites (N-methyl/N-ethyl adjacent to an activating group) is 1. The molecule has 0 radical (unpaired) electrons. The Balaban J connectivity index is 2.34. The lowest BCUT2D eigenvalue weighted by Crippen LogP contribution is -2.49. The van der Waals surface area contributed by atoms with E-state index in [1.54, 1.807) is 7.05 Å². The Labute approximate surface area is 119 Å². The van der Waals surface area contributed by atoms with Gasteiger partial charge in [0.25, 0.3) is 0 Å². The SMILES string of the molecule is CN[C@@H]1c2ccccc2N(C(=O)OC(C)(C)C)C[C@@H]1O. The van der Waals surface area contributed by atoms with Crippen molar-refractivity contribution in [2.75, 3.05) is 18.5 Å². The van der Waals surface area contributed by atoms with E-state index >= 15 is 0 Å². The van der Waals surface area contributed by atoms with Gasteiger partial charge in [0.2, 0.25) is 0 Å². The second kappa shape index (κ2) is 5.42. The third-order valence-corrected chi connectivity index (χ3v) is 3.24. The van der Waals surface area contributed by atoms with Crippen molar-refractivity contribution in [2.45, 2.75) is 38.5 Å². The van der Waals surface area contributed by atoms with Gasteiger partial charge in [-0.05, 0) is 39.4 Å². The molecule has 0 bridgehead atoms. The molecule has 1 heterocycles. The molecule has 5 heteroatoms. The molecule has 0 saturated heterocycles. The van der Waals surface area contributed by atoms with E-state index in [1.807, 2.05) is 45.0 Å². The molecular formula is C15H22N2O3. The number of amides is 1. The Kier molecular flexibility index (Phi) is 4.01. The molecule has 1 aliphatic rings. The summed E-state index contributed by atoms with van der Waals surface area (Å²) in [5, 5.41) is 13.3. The highest BCUT2D eigenvalue weighted by atomic mass is 16.6. The Morgan fingerprint density at radius 3 is 2.65 bits per heavy atom. The zero-order chi connectivity index (χ0) is 14.9. The van der Waals surface area contributed by atoms with Crippen molar-refractivity contribution in [3.8, 4) is 0 Å². The lowest BCUT2D eigenvalue weighted by molar-refractivity contribution is 0.0528. The summed E-state index contributed by atoms with van der Waals surface area (Å²) in [5.74, 6) is 0. The van der Waals surface area contributed by atoms with E-state index in [0.29, 0.717) is 0 Å². The molecule has 2 rings (SSSR count). The van der Waals surface area contributed by atoms with Crippen LogP contribution in [0.15, 0.2) is 24.3 Å². The van der Waals surface area contributed by atoms with Crippen LogP contribution in [0.4, 0.5) is 10.5 Å². The first-order valence-electron chi connectivity index (χ1n) is 6.78. The Morgan fingerprint density at radius 1 is 1.40 bits per heavy atom. The molecule has 0 saturated carbocycles. The quantitative estimate of drug-likeness (QED) is 0.825. The smallest absolute Gasteiger partial charge is 0.414 e. The molecule has 0 fully saturated rings. The van der Waals surface area contributed by atoms with Crippen LogP contribution in [0.5, 0.6) is 0 Å². The van der Waals surface area contributed by atoms with E-state index in [2.05, 4.69) is 5.32 Å². The third kappa shape index (κ3) is 2.94. The average Bonchev–Trinajstić information content (AvgIpc) is 2.35. The first-order valence-corrected chi connectivity index (χ1v) is 6.78. The molecule has 1 aromatic rings. The Bertz CT molecular complexity index is 496. The highest BCUT2D eigenvalue weighted by Crippen LogP contribution is 2.34. The predicted molar refractivity (Wildman–Crippen MR) is 77.8 cm³/mol. The van der Waals surface area contributed by atoms with Gasteiger partial charge in [-0.25, -0.2) is 4.79 Å². The number of fused-ring (bicyclic) bond motifs is 1. The molecule has 2 N–H and O–H groups in total. The molecule has 1 amide bonds. The first kappa shape index (κ1) is 14.8. The second-order valence-corrected chi connectivity index (χ2v) is 5.98. The minimum absolute atomic E-state index is 0.176. The number of aliphatic hydroxyl groups excluding tert-OH is 1. The van der Waals surface area contributed by atoms with Gasteiger partial charge in [-0.1, -0.05) is 18.2 Å². The van der Waals surface area contributed by atoms with Crippen LogP contribution >= 0.6 is 0 Å². The topological polar surface area (TPSA) is 61.8 Å². The summed E-state index contributed by atoms with van der Waals surface area (Å²) in [7, 11) is 1.80. The van der Waals surface area contributed by atoms with Gasteiger partial charge in [0.05, 0.1) is 24.4 Å². The minimum atomic E-state index is -0.664. The lowest BCUT2D eigenvalue weighted by Gasteiger charge is -2.38. The van der Waals surface area contributed by atoms with E-state index in [-0.39, 0.29) is 12.6 Å². The predicted octanol–water partition coefficient (Wildman–Crippen LogP) is 2.06. The lowest BCUT2D eigenvalue weighted by atomic mass is 9.94. The summed E-state index contributed by atoms with van der Waals surface area (Å²) >= 11 is 0. The zero-order valence-corrected chi connectivity index (χ0v) is 12.4. The van der Waals surface area contributed by atoms with Crippen LogP contribution in [0.3, 0.4) is 0 Å². The van der Waals surface area contributed by atoms with Gasteiger partial charge < -0.3 is 15.2 Å². The number of ether oxygens (including phenoxy) is 1. The van der Waals surface area contributed by atoms with Gasteiger partial charge in [0.1, 0.15) is 5.60 Å². The molecule has 110 valence electrons. The summed E-state index contributed by atoms with van der Waals surface area (Å²) < 4.78 is 5.41. The normalized spacial score (nSPS) is 22.4. The zero-order valence-electron chi connectivity index (χ0n) is 12.4. The van der Waals surface area contributed by atoms with Crippen molar-refractivity contribution < 1.29 is 14.6 Å². The number of hydrogen-bond donors (Lipinski definition) is 2. The molecule has 2 atom stereocenters. The van der Waals surface area contributed by atoms with Crippen LogP contribution in [-0.2, 0) is 4.74 Å². The summed E-state index contributed by atoms with van der Waals surface area (Å²) in [6.45, 7) is 5.70. The standard InChI is InChI=1S/C15H22N2O3/c1-15(2,3)20-14(19)17-9-12(18)13(16-4)10-7-5-6-8-11(10)17/h5-8,12-13,16,18H,9H2,1-4H3/t12-,13+/m0/s1. The maximum atomic E-state index is 12.3. The molecule has 1 aliphatic heterocycles. The number of rotatable bonds is 1. The number of nitrogens with one attached hydrogen (secondary N) is 1. The van der Waals surface area contributed by atoms with Gasteiger partial charge in [-0.15, -0.1) is 0 Å². The maximum absolute atomic E-state index is 12.3. The Morgan fingerprint density at radius 2 is 2.05 bits per heavy atom. The molecular weight excluding hydrogens is 256 g/mol. The number of carbonyl (C=O) groups is 1. The number of para-hydroxylation sites is 1. The molecule has 0 unspecified atom stereocenters. The van der Waals surface area contributed by atoms with Crippen molar-refractivity contribution in [3.63, 3.8) is 0 Å². The van der Waals surface area contributed by atoms with E-state index < -0.39 is 17.8 Å². The molecule has 5 nitrogen and oxygen atoms in total. The van der Waals surface area contributed by atoms with Crippen LogP contribution in [0.25, 0.3) is 0 Å². The number of hydrogen-bond acceptors (Lipinski definition) is 4. The van der Waals surface area contributed by atoms with Crippen LogP contribution < -0.4 is 10.2 Å². The molecule has 0 spiro atoms. The Hall–Kier alpha value is -1.59. The second-order valence-electron chi connectivity index (χ2n) is 5.98. The summed E-state index contributed by atoms with van der Waals surface area (Å²) in [4.78, 5) is 13.8. The number of aliphatic hydroxyl groups is 1. The van der Waals surface area contributed by atoms with E-state index in [0.717, 1.165) is 11.3 Å². The van der Waals surface area contributed by atoms with Crippen molar-refractivity contribution >= 4 is 11.8 Å². The van der Waals surface area contributed by atoms with E-state index in [4.69, 9.17) is 4.74 Å². The average molecular weight is 278 g/mol. The van der Waals surface area contributed by atoms with Crippen LogP contribution in [0.2, 0.25) is 0 Å². The summed E-state index contributed by atoms with van der Waals surface area (Å²) in [5.41, 5.74) is 1.13. The fourth-order valence-electron chi connectivity index (χ4n) is 2.43. The van der Waals surface area contributed by atoms with Crippen LogP contribution in [-0.4, -0.2) is 36.5 Å². The van der Waals surface area contributed by atoms with Crippen molar-refractivity contribution in [2.24, 2.45) is 0 Å². The van der Waals surface area contributed by atoms with Gasteiger partial charge in [0.15, 0.2) is 0 Å². The maximum Gasteiger partial charge on any atom is 0.414 e. The summed E-state index contributed by atoms with van der Waals surface area (Å²) in [6, 6.07) is 7.38. The van der Waals surface area contributed by atoms with Crippen LogP contribution in [0.1, 0.15) is 32.4 Å². The minimum Gasteiger partial charge on any atom is -0.443 e. The first-order chi connectivity index (χ1) is 9.33. The highest BCUT2D eigenvalue weighted by molar-refractivity contribution is 5.90. The van der Waals surface area contributed by atoms with Crippen molar-refractivity contribution in [3.05, 3.63) is 29.8 Å². The fourth-order valence-corrected chi connectivity index (χ4v) is 2.43. The number of carbonyl (C=O) groups excluding carboxylic acids is 1. The molecule has 0 aromatic heterocycles. The van der Waals surface area contributed by atoms with E-state index in [9.17, 15) is 9.90 Å².